The first-order chi connectivity index (χ1) is 10.8. The van der Waals surface area contributed by atoms with E-state index in [4.69, 9.17) is 0 Å². The van der Waals surface area contributed by atoms with E-state index in [0.29, 0.717) is 17.8 Å². The Morgan fingerprint density at radius 1 is 1.09 bits per heavy atom. The Balaban J connectivity index is 1.82. The summed E-state index contributed by atoms with van der Waals surface area (Å²) < 4.78 is 0. The van der Waals surface area contributed by atoms with Gasteiger partial charge in [-0.05, 0) is 42.5 Å². The molecule has 2 aliphatic rings. The van der Waals surface area contributed by atoms with Crippen molar-refractivity contribution in [3.8, 4) is 0 Å². The quantitative estimate of drug-likeness (QED) is 0.856. The molecule has 4 rings (SSSR count). The summed E-state index contributed by atoms with van der Waals surface area (Å²) in [5.41, 5.74) is 6.46. The van der Waals surface area contributed by atoms with Gasteiger partial charge in [0.2, 0.25) is 0 Å². The standard InChI is InChI=1S/C20H21NO/c1-13-2-7-16-18(10-13)20(17-8-9-21-11-19(16)17)15-5-3-14(12-22)4-6-15/h2-7,10,12,17,19-21H,8-9,11H2,1H3/t17-,19-,20+/m1/s1. The van der Waals surface area contributed by atoms with Crippen LogP contribution in [0.25, 0.3) is 0 Å². The summed E-state index contributed by atoms with van der Waals surface area (Å²) in [5, 5.41) is 3.56. The van der Waals surface area contributed by atoms with Gasteiger partial charge in [-0.2, -0.15) is 0 Å². The Morgan fingerprint density at radius 3 is 2.68 bits per heavy atom. The number of hydrogen-bond acceptors (Lipinski definition) is 2. The molecule has 1 N–H and O–H groups in total. The number of aldehydes is 1. The third kappa shape index (κ3) is 2.10. The fourth-order valence-corrected chi connectivity index (χ4v) is 4.36. The predicted octanol–water partition coefficient (Wildman–Crippen LogP) is 3.65. The number of rotatable bonds is 2. The summed E-state index contributed by atoms with van der Waals surface area (Å²) in [7, 11) is 0. The summed E-state index contributed by atoms with van der Waals surface area (Å²) in [4.78, 5) is 10.9. The van der Waals surface area contributed by atoms with E-state index in [2.05, 4.69) is 42.6 Å². The van der Waals surface area contributed by atoms with Crippen LogP contribution in [0.5, 0.6) is 0 Å². The van der Waals surface area contributed by atoms with Crippen LogP contribution >= 0.6 is 0 Å². The molecule has 0 amide bonds. The average molecular weight is 291 g/mol. The number of benzene rings is 2. The minimum absolute atomic E-state index is 0.475. The molecule has 1 heterocycles. The van der Waals surface area contributed by atoms with E-state index in [1.165, 1.54) is 28.7 Å². The summed E-state index contributed by atoms with van der Waals surface area (Å²) in [6.07, 6.45) is 2.14. The maximum atomic E-state index is 10.9. The number of hydrogen-bond donors (Lipinski definition) is 1. The van der Waals surface area contributed by atoms with Gasteiger partial charge in [-0.1, -0.05) is 48.0 Å². The lowest BCUT2D eigenvalue weighted by molar-refractivity contribution is 0.112. The molecule has 0 saturated carbocycles. The van der Waals surface area contributed by atoms with Crippen molar-refractivity contribution in [1.29, 1.82) is 0 Å². The fourth-order valence-electron chi connectivity index (χ4n) is 4.36. The van der Waals surface area contributed by atoms with Crippen LogP contribution < -0.4 is 5.32 Å². The van der Waals surface area contributed by atoms with Gasteiger partial charge in [-0.3, -0.25) is 4.79 Å². The lowest BCUT2D eigenvalue weighted by Gasteiger charge is -2.30. The Kier molecular flexibility index (Phi) is 3.34. The number of fused-ring (bicyclic) bond motifs is 3. The van der Waals surface area contributed by atoms with Crippen LogP contribution in [0, 0.1) is 12.8 Å². The monoisotopic (exact) mass is 291 g/mol. The lowest BCUT2D eigenvalue weighted by atomic mass is 9.78. The van der Waals surface area contributed by atoms with Crippen molar-refractivity contribution in [2.45, 2.75) is 25.2 Å². The van der Waals surface area contributed by atoms with E-state index in [1.807, 2.05) is 12.1 Å². The zero-order valence-corrected chi connectivity index (χ0v) is 12.9. The molecule has 0 aromatic heterocycles. The summed E-state index contributed by atoms with van der Waals surface area (Å²) in [6, 6.07) is 15.1. The van der Waals surface area contributed by atoms with Crippen molar-refractivity contribution < 1.29 is 4.79 Å². The highest BCUT2D eigenvalue weighted by atomic mass is 16.1. The van der Waals surface area contributed by atoms with Crippen LogP contribution in [0.3, 0.4) is 0 Å². The number of carbonyl (C=O) groups is 1. The summed E-state index contributed by atoms with van der Waals surface area (Å²) in [5.74, 6) is 1.78. The van der Waals surface area contributed by atoms with Gasteiger partial charge in [0, 0.05) is 23.9 Å². The second-order valence-corrected chi connectivity index (χ2v) is 6.66. The molecular weight excluding hydrogens is 270 g/mol. The maximum Gasteiger partial charge on any atom is 0.150 e. The summed E-state index contributed by atoms with van der Waals surface area (Å²) in [6.45, 7) is 4.37. The SMILES string of the molecule is Cc1ccc2c(c1)[C@@H](c1ccc(C=O)cc1)[C@@H]1CCNC[C@H]21. The predicted molar refractivity (Wildman–Crippen MR) is 88.6 cm³/mol. The Hall–Kier alpha value is -1.93. The van der Waals surface area contributed by atoms with Crippen LogP contribution in [0.15, 0.2) is 42.5 Å². The van der Waals surface area contributed by atoms with Crippen molar-refractivity contribution in [2.24, 2.45) is 5.92 Å². The van der Waals surface area contributed by atoms with Gasteiger partial charge in [0.1, 0.15) is 6.29 Å². The smallest absolute Gasteiger partial charge is 0.150 e. The fraction of sp³-hybridized carbons (Fsp3) is 0.350. The van der Waals surface area contributed by atoms with Crippen molar-refractivity contribution in [2.75, 3.05) is 13.1 Å². The molecule has 0 spiro atoms. The van der Waals surface area contributed by atoms with Crippen LogP contribution in [-0.2, 0) is 0 Å². The topological polar surface area (TPSA) is 29.1 Å². The average Bonchev–Trinajstić information content (AvgIpc) is 2.88. The van der Waals surface area contributed by atoms with E-state index >= 15 is 0 Å². The molecule has 3 atom stereocenters. The van der Waals surface area contributed by atoms with Gasteiger partial charge in [0.25, 0.3) is 0 Å². The molecule has 2 aromatic rings. The van der Waals surface area contributed by atoms with E-state index < -0.39 is 0 Å². The van der Waals surface area contributed by atoms with Crippen LogP contribution in [0.4, 0.5) is 0 Å². The largest absolute Gasteiger partial charge is 0.316 e. The Labute approximate surface area is 131 Å². The van der Waals surface area contributed by atoms with Crippen molar-refractivity contribution in [3.05, 3.63) is 70.3 Å². The molecule has 1 fully saturated rings. The molecule has 0 bridgehead atoms. The minimum atomic E-state index is 0.475. The Bertz CT molecular complexity index is 704. The molecule has 1 aliphatic heterocycles. The first-order valence-corrected chi connectivity index (χ1v) is 8.14. The van der Waals surface area contributed by atoms with Gasteiger partial charge >= 0.3 is 0 Å². The van der Waals surface area contributed by atoms with Crippen LogP contribution in [0.2, 0.25) is 0 Å². The van der Waals surface area contributed by atoms with Crippen molar-refractivity contribution in [3.63, 3.8) is 0 Å². The normalized spacial score (nSPS) is 26.3. The van der Waals surface area contributed by atoms with Gasteiger partial charge in [0.15, 0.2) is 0 Å². The van der Waals surface area contributed by atoms with Crippen LogP contribution in [0.1, 0.15) is 50.9 Å². The van der Waals surface area contributed by atoms with Crippen molar-refractivity contribution in [1.82, 2.24) is 5.32 Å². The molecule has 1 aliphatic carbocycles. The highest BCUT2D eigenvalue weighted by Crippen LogP contribution is 2.52. The zero-order chi connectivity index (χ0) is 15.1. The molecule has 2 heteroatoms. The molecule has 2 aromatic carbocycles. The first kappa shape index (κ1) is 13.7. The highest BCUT2D eigenvalue weighted by molar-refractivity contribution is 5.74. The van der Waals surface area contributed by atoms with E-state index in [0.717, 1.165) is 24.9 Å². The molecule has 2 nitrogen and oxygen atoms in total. The van der Waals surface area contributed by atoms with Gasteiger partial charge < -0.3 is 5.32 Å². The number of nitrogens with one attached hydrogen (secondary N) is 1. The van der Waals surface area contributed by atoms with Gasteiger partial charge in [-0.25, -0.2) is 0 Å². The number of aryl methyl sites for hydroxylation is 1. The first-order valence-electron chi connectivity index (χ1n) is 8.14. The molecular formula is C20H21NO. The van der Waals surface area contributed by atoms with Crippen LogP contribution in [-0.4, -0.2) is 19.4 Å². The van der Waals surface area contributed by atoms with Crippen molar-refractivity contribution >= 4 is 6.29 Å². The molecule has 22 heavy (non-hydrogen) atoms. The number of carbonyl (C=O) groups excluding carboxylic acids is 1. The summed E-state index contributed by atoms with van der Waals surface area (Å²) >= 11 is 0. The molecule has 1 saturated heterocycles. The van der Waals surface area contributed by atoms with E-state index in [9.17, 15) is 4.79 Å². The Morgan fingerprint density at radius 2 is 1.91 bits per heavy atom. The third-order valence-electron chi connectivity index (χ3n) is 5.37. The maximum absolute atomic E-state index is 10.9. The van der Waals surface area contributed by atoms with E-state index in [-0.39, 0.29) is 0 Å². The minimum Gasteiger partial charge on any atom is -0.316 e. The van der Waals surface area contributed by atoms with Gasteiger partial charge in [0.05, 0.1) is 0 Å². The number of piperidine rings is 1. The zero-order valence-electron chi connectivity index (χ0n) is 12.9. The second-order valence-electron chi connectivity index (χ2n) is 6.66. The molecule has 0 radical (unpaired) electrons. The highest BCUT2D eigenvalue weighted by Gasteiger charge is 2.42. The lowest BCUT2D eigenvalue weighted by Crippen LogP contribution is -2.34. The molecule has 112 valence electrons. The molecule has 0 unspecified atom stereocenters. The van der Waals surface area contributed by atoms with Gasteiger partial charge in [-0.15, -0.1) is 0 Å². The third-order valence-corrected chi connectivity index (χ3v) is 5.37. The van der Waals surface area contributed by atoms with E-state index in [1.54, 1.807) is 0 Å². The second kappa shape index (κ2) is 5.36.